The van der Waals surface area contributed by atoms with Gasteiger partial charge < -0.3 is 5.11 Å². The lowest BCUT2D eigenvalue weighted by Gasteiger charge is -2.26. The molecule has 0 heterocycles. The summed E-state index contributed by atoms with van der Waals surface area (Å²) in [6.07, 6.45) is -0.973. The molecule has 0 saturated heterocycles. The van der Waals surface area contributed by atoms with Gasteiger partial charge in [-0.15, -0.1) is 0 Å². The van der Waals surface area contributed by atoms with E-state index in [1.54, 1.807) is 6.92 Å². The molecule has 1 aromatic carbocycles. The van der Waals surface area contributed by atoms with Crippen LogP contribution in [-0.4, -0.2) is 16.1 Å². The largest absolute Gasteiger partial charge is 0.465 e. The van der Waals surface area contributed by atoms with Crippen molar-refractivity contribution in [2.24, 2.45) is 0 Å². The van der Waals surface area contributed by atoms with E-state index in [2.05, 4.69) is 6.58 Å². The number of hydrogen-bond donors (Lipinski definition) is 1. The Balaban J connectivity index is 2.96. The molecule has 80 valence electrons. The Kier molecular flexibility index (Phi) is 3.50. The Morgan fingerprint density at radius 2 is 1.93 bits per heavy atom. The second-order valence-corrected chi connectivity index (χ2v) is 3.47. The summed E-state index contributed by atoms with van der Waals surface area (Å²) in [6.45, 7) is 7.20. The van der Waals surface area contributed by atoms with Crippen molar-refractivity contribution in [3.8, 4) is 0 Å². The second-order valence-electron chi connectivity index (χ2n) is 3.47. The van der Waals surface area contributed by atoms with E-state index in [1.807, 2.05) is 37.3 Å². The van der Waals surface area contributed by atoms with Gasteiger partial charge in [-0.3, -0.25) is 4.90 Å². The summed E-state index contributed by atoms with van der Waals surface area (Å²) in [6, 6.07) is 9.30. The van der Waals surface area contributed by atoms with Crippen LogP contribution in [0.15, 0.2) is 42.6 Å². The Morgan fingerprint density at radius 3 is 2.33 bits per heavy atom. The van der Waals surface area contributed by atoms with Crippen LogP contribution in [0.25, 0.3) is 0 Å². The van der Waals surface area contributed by atoms with E-state index in [9.17, 15) is 4.79 Å². The highest BCUT2D eigenvalue weighted by Crippen LogP contribution is 2.23. The highest BCUT2D eigenvalue weighted by Gasteiger charge is 2.20. The van der Waals surface area contributed by atoms with Crippen LogP contribution in [0, 0.1) is 0 Å². The molecule has 0 radical (unpaired) electrons. The van der Waals surface area contributed by atoms with E-state index in [0.717, 1.165) is 5.56 Å². The average Bonchev–Trinajstić information content (AvgIpc) is 2.18. The van der Waals surface area contributed by atoms with Crippen LogP contribution < -0.4 is 0 Å². The Labute approximate surface area is 89.6 Å². The van der Waals surface area contributed by atoms with Gasteiger partial charge in [0.1, 0.15) is 0 Å². The number of carbonyl (C=O) groups is 1. The van der Waals surface area contributed by atoms with Gasteiger partial charge >= 0.3 is 6.09 Å². The van der Waals surface area contributed by atoms with Crippen molar-refractivity contribution in [2.75, 3.05) is 0 Å². The maximum Gasteiger partial charge on any atom is 0.412 e. The van der Waals surface area contributed by atoms with Crippen molar-refractivity contribution in [1.29, 1.82) is 0 Å². The number of rotatable bonds is 3. The zero-order valence-corrected chi connectivity index (χ0v) is 8.97. The number of carboxylic acid groups (broad SMARTS) is 1. The molecule has 3 heteroatoms. The van der Waals surface area contributed by atoms with Crippen molar-refractivity contribution in [3.63, 3.8) is 0 Å². The molecule has 1 amide bonds. The van der Waals surface area contributed by atoms with Crippen LogP contribution >= 0.6 is 0 Å². The van der Waals surface area contributed by atoms with Gasteiger partial charge in [0.25, 0.3) is 0 Å². The van der Waals surface area contributed by atoms with Crippen LogP contribution in [0.5, 0.6) is 0 Å². The standard InChI is InChI=1S/C12H15NO2/c1-9(2)13(12(14)15)10(3)11-7-5-4-6-8-11/h4-8,10H,1H2,2-3H3,(H,14,15). The molecular weight excluding hydrogens is 190 g/mol. The van der Waals surface area contributed by atoms with E-state index < -0.39 is 6.09 Å². The Morgan fingerprint density at radius 1 is 1.40 bits per heavy atom. The van der Waals surface area contributed by atoms with Gasteiger partial charge in [0.2, 0.25) is 0 Å². The lowest BCUT2D eigenvalue weighted by molar-refractivity contribution is 0.145. The zero-order chi connectivity index (χ0) is 11.4. The van der Waals surface area contributed by atoms with Crippen molar-refractivity contribution < 1.29 is 9.90 Å². The quantitative estimate of drug-likeness (QED) is 0.822. The maximum atomic E-state index is 11.0. The predicted molar refractivity (Wildman–Crippen MR) is 59.5 cm³/mol. The third kappa shape index (κ3) is 2.59. The van der Waals surface area contributed by atoms with E-state index in [1.165, 1.54) is 4.90 Å². The van der Waals surface area contributed by atoms with Crippen molar-refractivity contribution in [2.45, 2.75) is 19.9 Å². The van der Waals surface area contributed by atoms with Gasteiger partial charge in [-0.05, 0) is 19.4 Å². The Bertz CT molecular complexity index is 345. The van der Waals surface area contributed by atoms with Gasteiger partial charge in [-0.1, -0.05) is 36.9 Å². The normalized spacial score (nSPS) is 11.9. The minimum atomic E-state index is -0.973. The molecule has 0 bridgehead atoms. The maximum absolute atomic E-state index is 11.0. The molecule has 0 saturated carbocycles. The first-order valence-corrected chi connectivity index (χ1v) is 4.76. The number of amides is 1. The molecule has 0 aliphatic carbocycles. The molecular formula is C12H15NO2. The van der Waals surface area contributed by atoms with Crippen LogP contribution in [0.4, 0.5) is 4.79 Å². The number of hydrogen-bond acceptors (Lipinski definition) is 1. The number of nitrogens with zero attached hydrogens (tertiary/aromatic N) is 1. The molecule has 3 nitrogen and oxygen atoms in total. The van der Waals surface area contributed by atoms with E-state index in [0.29, 0.717) is 5.70 Å². The molecule has 1 unspecified atom stereocenters. The first kappa shape index (κ1) is 11.3. The number of benzene rings is 1. The van der Waals surface area contributed by atoms with Gasteiger partial charge in [-0.25, -0.2) is 4.79 Å². The van der Waals surface area contributed by atoms with Crippen LogP contribution in [0.3, 0.4) is 0 Å². The summed E-state index contributed by atoms with van der Waals surface area (Å²) in [5.41, 5.74) is 1.49. The smallest absolute Gasteiger partial charge is 0.412 e. The van der Waals surface area contributed by atoms with Crippen molar-refractivity contribution in [3.05, 3.63) is 48.2 Å². The van der Waals surface area contributed by atoms with Crippen molar-refractivity contribution in [1.82, 2.24) is 4.90 Å². The molecule has 0 fully saturated rings. The predicted octanol–water partition coefficient (Wildman–Crippen LogP) is 3.26. The van der Waals surface area contributed by atoms with E-state index >= 15 is 0 Å². The lowest BCUT2D eigenvalue weighted by Crippen LogP contribution is -2.30. The summed E-state index contributed by atoms with van der Waals surface area (Å²) in [4.78, 5) is 12.3. The molecule has 1 rings (SSSR count). The summed E-state index contributed by atoms with van der Waals surface area (Å²) < 4.78 is 0. The summed E-state index contributed by atoms with van der Waals surface area (Å²) in [7, 11) is 0. The highest BCUT2D eigenvalue weighted by atomic mass is 16.4. The summed E-state index contributed by atoms with van der Waals surface area (Å²) in [5.74, 6) is 0. The fourth-order valence-corrected chi connectivity index (χ4v) is 1.54. The molecule has 1 atom stereocenters. The minimum absolute atomic E-state index is 0.207. The highest BCUT2D eigenvalue weighted by molar-refractivity contribution is 5.68. The topological polar surface area (TPSA) is 40.5 Å². The molecule has 0 aliphatic rings. The fourth-order valence-electron chi connectivity index (χ4n) is 1.54. The van der Waals surface area contributed by atoms with E-state index in [4.69, 9.17) is 5.11 Å². The lowest BCUT2D eigenvalue weighted by atomic mass is 10.1. The molecule has 0 aliphatic heterocycles. The molecule has 1 aromatic rings. The second kappa shape index (κ2) is 4.64. The molecule has 0 spiro atoms. The van der Waals surface area contributed by atoms with Crippen LogP contribution in [0.1, 0.15) is 25.5 Å². The third-order valence-electron chi connectivity index (χ3n) is 2.29. The first-order valence-electron chi connectivity index (χ1n) is 4.76. The summed E-state index contributed by atoms with van der Waals surface area (Å²) >= 11 is 0. The Hall–Kier alpha value is -1.77. The van der Waals surface area contributed by atoms with Gasteiger partial charge in [0.05, 0.1) is 6.04 Å². The molecule has 1 N–H and O–H groups in total. The van der Waals surface area contributed by atoms with Crippen molar-refractivity contribution >= 4 is 6.09 Å². The SMILES string of the molecule is C=C(C)N(C(=O)O)C(C)c1ccccc1. The summed E-state index contributed by atoms with van der Waals surface area (Å²) in [5, 5.41) is 9.04. The van der Waals surface area contributed by atoms with Crippen LogP contribution in [0.2, 0.25) is 0 Å². The molecule has 15 heavy (non-hydrogen) atoms. The molecule has 0 aromatic heterocycles. The average molecular weight is 205 g/mol. The fraction of sp³-hybridized carbons (Fsp3) is 0.250. The third-order valence-corrected chi connectivity index (χ3v) is 2.29. The monoisotopic (exact) mass is 205 g/mol. The van der Waals surface area contributed by atoms with Gasteiger partial charge in [0.15, 0.2) is 0 Å². The first-order chi connectivity index (χ1) is 7.04. The number of allylic oxidation sites excluding steroid dienone is 1. The van der Waals surface area contributed by atoms with Gasteiger partial charge in [0, 0.05) is 5.70 Å². The van der Waals surface area contributed by atoms with Crippen LogP contribution in [-0.2, 0) is 0 Å². The van der Waals surface area contributed by atoms with E-state index in [-0.39, 0.29) is 6.04 Å². The van der Waals surface area contributed by atoms with Gasteiger partial charge in [-0.2, -0.15) is 0 Å². The minimum Gasteiger partial charge on any atom is -0.465 e. The zero-order valence-electron chi connectivity index (χ0n) is 8.97.